The Hall–Kier alpha value is -2.00. The third-order valence-electron chi connectivity index (χ3n) is 2.88. The molecule has 0 atom stereocenters. The molecule has 0 bridgehead atoms. The molecule has 0 saturated carbocycles. The molecule has 2 aliphatic heterocycles. The molecule has 0 saturated heterocycles. The fourth-order valence-electron chi connectivity index (χ4n) is 1.87. The SMILES string of the molecule is CCCCCN=[N+]=[N-].Fc1cccc2c1c1cn2-1. The molecule has 3 rings (SSSR count). The number of aromatic nitrogens is 1. The number of fused-ring (bicyclic) bond motifs is 4. The predicted molar refractivity (Wildman–Crippen MR) is 70.3 cm³/mol. The number of nitrogens with zero attached hydrogens (tertiary/aromatic N) is 4. The first kappa shape index (κ1) is 12.5. The summed E-state index contributed by atoms with van der Waals surface area (Å²) in [6.45, 7) is 2.78. The molecule has 0 aromatic heterocycles. The van der Waals surface area contributed by atoms with Gasteiger partial charge in [0, 0.05) is 17.7 Å². The summed E-state index contributed by atoms with van der Waals surface area (Å²) in [6.07, 6.45) is 5.31. The van der Waals surface area contributed by atoms with Gasteiger partial charge in [0.25, 0.3) is 0 Å². The lowest BCUT2D eigenvalue weighted by Gasteiger charge is -2.04. The second kappa shape index (κ2) is 5.56. The molecule has 1 aromatic carbocycles. The van der Waals surface area contributed by atoms with Gasteiger partial charge in [-0.2, -0.15) is 0 Å². The van der Waals surface area contributed by atoms with Crippen molar-refractivity contribution in [3.05, 3.63) is 40.7 Å². The van der Waals surface area contributed by atoms with Gasteiger partial charge in [-0.3, -0.25) is 0 Å². The maximum absolute atomic E-state index is 12.8. The lowest BCUT2D eigenvalue weighted by molar-refractivity contribution is 0.638. The number of halogens is 1. The number of rotatable bonds is 4. The van der Waals surface area contributed by atoms with Crippen molar-refractivity contribution in [2.75, 3.05) is 6.54 Å². The molecule has 2 heterocycles. The monoisotopic (exact) mass is 246 g/mol. The smallest absolute Gasteiger partial charge is 0.134 e. The molecular formula is C13H15FN4. The Labute approximate surface area is 105 Å². The van der Waals surface area contributed by atoms with Crippen LogP contribution in [0.5, 0.6) is 0 Å². The average molecular weight is 246 g/mol. The van der Waals surface area contributed by atoms with Crippen molar-refractivity contribution < 1.29 is 4.39 Å². The molecule has 0 amide bonds. The van der Waals surface area contributed by atoms with Crippen LogP contribution in [0.3, 0.4) is 0 Å². The largest absolute Gasteiger partial charge is 0.312 e. The Kier molecular flexibility index (Phi) is 3.85. The Morgan fingerprint density at radius 3 is 2.89 bits per heavy atom. The van der Waals surface area contributed by atoms with Crippen molar-refractivity contribution >= 4 is 10.9 Å². The zero-order valence-corrected chi connectivity index (χ0v) is 10.3. The summed E-state index contributed by atoms with van der Waals surface area (Å²) in [4.78, 5) is 2.63. The van der Waals surface area contributed by atoms with Crippen LogP contribution in [0.25, 0.3) is 27.0 Å². The highest BCUT2D eigenvalue weighted by Crippen LogP contribution is 2.39. The van der Waals surface area contributed by atoms with Crippen LogP contribution in [0.4, 0.5) is 4.39 Å². The van der Waals surface area contributed by atoms with Crippen LogP contribution >= 0.6 is 0 Å². The van der Waals surface area contributed by atoms with E-state index in [1.165, 1.54) is 18.9 Å². The van der Waals surface area contributed by atoms with Crippen molar-refractivity contribution in [1.82, 2.24) is 4.57 Å². The second-order valence-corrected chi connectivity index (χ2v) is 4.18. The molecule has 5 heteroatoms. The summed E-state index contributed by atoms with van der Waals surface area (Å²) in [7, 11) is 0. The number of benzene rings is 1. The predicted octanol–water partition coefficient (Wildman–Crippen LogP) is 4.57. The molecule has 0 fully saturated rings. The first-order valence-corrected chi connectivity index (χ1v) is 6.10. The van der Waals surface area contributed by atoms with E-state index in [9.17, 15) is 4.39 Å². The van der Waals surface area contributed by atoms with E-state index in [1.54, 1.807) is 6.07 Å². The highest BCUT2D eigenvalue weighted by molar-refractivity contribution is 6.00. The highest BCUT2D eigenvalue weighted by Gasteiger charge is 2.24. The zero-order chi connectivity index (χ0) is 13.0. The maximum Gasteiger partial charge on any atom is 0.134 e. The van der Waals surface area contributed by atoms with Gasteiger partial charge in [0.15, 0.2) is 0 Å². The van der Waals surface area contributed by atoms with E-state index in [2.05, 4.69) is 16.9 Å². The molecule has 2 aliphatic rings. The van der Waals surface area contributed by atoms with Crippen molar-refractivity contribution in [3.63, 3.8) is 0 Å². The van der Waals surface area contributed by atoms with Crippen LogP contribution in [0.2, 0.25) is 0 Å². The molecular weight excluding hydrogens is 231 g/mol. The third-order valence-corrected chi connectivity index (χ3v) is 2.88. The maximum atomic E-state index is 12.8. The van der Waals surface area contributed by atoms with E-state index in [1.807, 2.05) is 16.8 Å². The lowest BCUT2D eigenvalue weighted by Crippen LogP contribution is -1.90. The fourth-order valence-corrected chi connectivity index (χ4v) is 1.87. The van der Waals surface area contributed by atoms with Crippen molar-refractivity contribution in [3.8, 4) is 5.69 Å². The third kappa shape index (κ3) is 2.46. The van der Waals surface area contributed by atoms with E-state index in [-0.39, 0.29) is 5.82 Å². The zero-order valence-electron chi connectivity index (χ0n) is 10.3. The second-order valence-electron chi connectivity index (χ2n) is 4.18. The van der Waals surface area contributed by atoms with Gasteiger partial charge in [-0.05, 0) is 24.1 Å². The van der Waals surface area contributed by atoms with E-state index in [4.69, 9.17) is 5.53 Å². The van der Waals surface area contributed by atoms with Gasteiger partial charge in [0.05, 0.1) is 16.6 Å². The summed E-state index contributed by atoms with van der Waals surface area (Å²) < 4.78 is 14.8. The molecule has 0 spiro atoms. The first-order valence-electron chi connectivity index (χ1n) is 6.10. The van der Waals surface area contributed by atoms with E-state index < -0.39 is 0 Å². The van der Waals surface area contributed by atoms with Gasteiger partial charge in [0.2, 0.25) is 0 Å². The molecule has 0 radical (unpaired) electrons. The normalized spacial score (nSPS) is 10.6. The molecule has 0 aliphatic carbocycles. The van der Waals surface area contributed by atoms with Gasteiger partial charge in [0.1, 0.15) is 5.82 Å². The minimum Gasteiger partial charge on any atom is -0.312 e. The van der Waals surface area contributed by atoms with Gasteiger partial charge in [-0.15, -0.1) is 0 Å². The van der Waals surface area contributed by atoms with Gasteiger partial charge in [-0.25, -0.2) is 4.39 Å². The van der Waals surface area contributed by atoms with Crippen LogP contribution in [-0.4, -0.2) is 11.1 Å². The Morgan fingerprint density at radius 2 is 2.22 bits per heavy atom. The fraction of sp³-hybridized carbons (Fsp3) is 0.385. The lowest BCUT2D eigenvalue weighted by atomic mass is 10.2. The summed E-state index contributed by atoms with van der Waals surface area (Å²) in [6, 6.07) is 5.15. The van der Waals surface area contributed by atoms with Crippen molar-refractivity contribution in [2.45, 2.75) is 26.2 Å². The van der Waals surface area contributed by atoms with Crippen LogP contribution in [0, 0.1) is 5.82 Å². The van der Waals surface area contributed by atoms with Gasteiger partial charge >= 0.3 is 0 Å². The van der Waals surface area contributed by atoms with Crippen LogP contribution in [0.1, 0.15) is 26.2 Å². The van der Waals surface area contributed by atoms with Crippen molar-refractivity contribution in [1.29, 1.82) is 0 Å². The van der Waals surface area contributed by atoms with Gasteiger partial charge in [-0.1, -0.05) is 30.9 Å². The molecule has 0 N–H and O–H groups in total. The number of hydrogen-bond donors (Lipinski definition) is 0. The number of azide groups is 1. The minimum absolute atomic E-state index is 0.0995. The van der Waals surface area contributed by atoms with E-state index >= 15 is 0 Å². The van der Waals surface area contributed by atoms with Crippen molar-refractivity contribution in [2.24, 2.45) is 5.11 Å². The highest BCUT2D eigenvalue weighted by atomic mass is 19.1. The standard InChI is InChI=1S/C8H4FN.C5H11N3/c9-5-2-1-3-6-8(5)7-4-10(6)7;1-2-3-4-5-7-8-6/h1-4H;2-5H2,1H3. The molecule has 18 heavy (non-hydrogen) atoms. The van der Waals surface area contributed by atoms with Gasteiger partial charge < -0.3 is 4.57 Å². The Bertz CT molecular complexity index is 596. The quantitative estimate of drug-likeness (QED) is 0.280. The van der Waals surface area contributed by atoms with Crippen LogP contribution in [0.15, 0.2) is 29.5 Å². The summed E-state index contributed by atoms with van der Waals surface area (Å²) in [5.41, 5.74) is 9.88. The number of unbranched alkanes of at least 4 members (excludes halogenated alkanes) is 2. The molecule has 4 nitrogen and oxygen atoms in total. The molecule has 0 unspecified atom stereocenters. The molecule has 94 valence electrons. The summed E-state index contributed by atoms with van der Waals surface area (Å²) >= 11 is 0. The van der Waals surface area contributed by atoms with Crippen LogP contribution < -0.4 is 0 Å². The number of hydrogen-bond acceptors (Lipinski definition) is 1. The average Bonchev–Trinajstić information content (AvgIpc) is 3.06. The summed E-state index contributed by atoms with van der Waals surface area (Å²) in [5, 5.41) is 4.18. The van der Waals surface area contributed by atoms with E-state index in [0.717, 1.165) is 23.0 Å². The Morgan fingerprint density at radius 1 is 1.39 bits per heavy atom. The minimum atomic E-state index is -0.0995. The topological polar surface area (TPSA) is 53.7 Å². The Balaban J connectivity index is 0.000000139. The molecule has 1 aromatic rings. The summed E-state index contributed by atoms with van der Waals surface area (Å²) in [5.74, 6) is -0.0995. The van der Waals surface area contributed by atoms with Crippen LogP contribution in [-0.2, 0) is 0 Å². The van der Waals surface area contributed by atoms with E-state index in [0.29, 0.717) is 6.54 Å². The first-order chi connectivity index (χ1) is 8.79.